The molecule has 1 fully saturated rings. The molecule has 0 saturated carbocycles. The van der Waals surface area contributed by atoms with Crippen LogP contribution in [0.3, 0.4) is 0 Å². The van der Waals surface area contributed by atoms with Crippen molar-refractivity contribution in [3.8, 4) is 0 Å². The molecule has 1 saturated heterocycles. The topological polar surface area (TPSA) is 90.0 Å². The number of amides is 1. The average Bonchev–Trinajstić information content (AvgIpc) is 3.16. The maximum Gasteiger partial charge on any atom is 0.244 e. The van der Waals surface area contributed by atoms with Crippen molar-refractivity contribution in [3.05, 3.63) is 41.3 Å². The van der Waals surface area contributed by atoms with Crippen LogP contribution < -0.4 is 15.1 Å². The fourth-order valence-electron chi connectivity index (χ4n) is 3.73. The molecule has 2 N–H and O–H groups in total. The lowest BCUT2D eigenvalue weighted by atomic mass is 10.1. The van der Waals surface area contributed by atoms with Gasteiger partial charge in [-0.3, -0.25) is 9.89 Å². The number of carbonyl (C=O) groups is 1. The standard InChI is InChI=1S/C19H22ClN7O/c1-3-14-16-17(25-24-14)22-11-23-18(16)26-7-8-27(15(10-26)19(28)21-2)13-6-4-5-12(20)9-13/h4-6,9,11,15H,3,7-8,10H2,1-2H3,(H,21,28)(H,22,23,24,25). The maximum atomic E-state index is 12.7. The van der Waals surface area contributed by atoms with Gasteiger partial charge in [0, 0.05) is 37.4 Å². The number of rotatable bonds is 4. The molecule has 9 heteroatoms. The molecule has 1 aromatic carbocycles. The summed E-state index contributed by atoms with van der Waals surface area (Å²) in [5.74, 6) is 0.771. The molecule has 0 spiro atoms. The number of hydrogen-bond donors (Lipinski definition) is 2. The number of benzene rings is 1. The number of hydrogen-bond acceptors (Lipinski definition) is 6. The van der Waals surface area contributed by atoms with E-state index >= 15 is 0 Å². The maximum absolute atomic E-state index is 12.7. The van der Waals surface area contributed by atoms with Crippen molar-refractivity contribution in [2.75, 3.05) is 36.5 Å². The highest BCUT2D eigenvalue weighted by molar-refractivity contribution is 6.30. The summed E-state index contributed by atoms with van der Waals surface area (Å²) in [5.41, 5.74) is 2.58. The Bertz CT molecular complexity index is 1000. The summed E-state index contributed by atoms with van der Waals surface area (Å²) < 4.78 is 0. The third-order valence-corrected chi connectivity index (χ3v) is 5.35. The number of piperazine rings is 1. The van der Waals surface area contributed by atoms with Crippen LogP contribution in [0.25, 0.3) is 11.0 Å². The number of halogens is 1. The quantitative estimate of drug-likeness (QED) is 0.697. The number of aryl methyl sites for hydroxylation is 1. The van der Waals surface area contributed by atoms with Crippen molar-refractivity contribution in [1.82, 2.24) is 25.5 Å². The highest BCUT2D eigenvalue weighted by atomic mass is 35.5. The van der Waals surface area contributed by atoms with E-state index in [0.717, 1.165) is 41.2 Å². The molecule has 1 aliphatic rings. The van der Waals surface area contributed by atoms with E-state index in [1.54, 1.807) is 7.05 Å². The minimum Gasteiger partial charge on any atom is -0.357 e. The Morgan fingerprint density at radius 1 is 1.36 bits per heavy atom. The van der Waals surface area contributed by atoms with Crippen LogP contribution in [0, 0.1) is 0 Å². The number of aromatic nitrogens is 4. The predicted molar refractivity (Wildman–Crippen MR) is 110 cm³/mol. The van der Waals surface area contributed by atoms with Crippen molar-refractivity contribution in [2.45, 2.75) is 19.4 Å². The minimum atomic E-state index is -0.362. The van der Waals surface area contributed by atoms with Gasteiger partial charge >= 0.3 is 0 Å². The number of nitrogens with zero attached hydrogens (tertiary/aromatic N) is 5. The van der Waals surface area contributed by atoms with Gasteiger partial charge < -0.3 is 15.1 Å². The van der Waals surface area contributed by atoms with Gasteiger partial charge in [-0.15, -0.1) is 0 Å². The Balaban J connectivity index is 1.70. The predicted octanol–water partition coefficient (Wildman–Crippen LogP) is 2.01. The Morgan fingerprint density at radius 3 is 2.96 bits per heavy atom. The Morgan fingerprint density at radius 2 is 2.21 bits per heavy atom. The first-order valence-electron chi connectivity index (χ1n) is 9.29. The van der Waals surface area contributed by atoms with Gasteiger partial charge in [-0.25, -0.2) is 9.97 Å². The summed E-state index contributed by atoms with van der Waals surface area (Å²) in [6, 6.07) is 7.24. The van der Waals surface area contributed by atoms with Crippen LogP contribution in [0.1, 0.15) is 12.6 Å². The van der Waals surface area contributed by atoms with Crippen molar-refractivity contribution < 1.29 is 4.79 Å². The Kier molecular flexibility index (Phi) is 5.04. The molecule has 2 aromatic heterocycles. The highest BCUT2D eigenvalue weighted by Gasteiger charge is 2.33. The molecule has 4 rings (SSSR count). The van der Waals surface area contributed by atoms with E-state index in [0.29, 0.717) is 18.1 Å². The van der Waals surface area contributed by atoms with Crippen LogP contribution >= 0.6 is 11.6 Å². The lowest BCUT2D eigenvalue weighted by Crippen LogP contribution is -2.59. The average molecular weight is 400 g/mol. The van der Waals surface area contributed by atoms with Gasteiger partial charge in [-0.2, -0.15) is 5.10 Å². The molecule has 1 unspecified atom stereocenters. The van der Waals surface area contributed by atoms with Crippen LogP contribution in [0.5, 0.6) is 0 Å². The van der Waals surface area contributed by atoms with Crippen molar-refractivity contribution in [2.24, 2.45) is 0 Å². The summed E-state index contributed by atoms with van der Waals surface area (Å²) in [7, 11) is 1.66. The second-order valence-corrected chi connectivity index (χ2v) is 7.13. The monoisotopic (exact) mass is 399 g/mol. The van der Waals surface area contributed by atoms with Gasteiger partial charge in [0.05, 0.1) is 11.1 Å². The van der Waals surface area contributed by atoms with Gasteiger partial charge in [0.15, 0.2) is 5.65 Å². The summed E-state index contributed by atoms with van der Waals surface area (Å²) >= 11 is 6.17. The fraction of sp³-hybridized carbons (Fsp3) is 0.368. The van der Waals surface area contributed by atoms with E-state index in [4.69, 9.17) is 11.6 Å². The number of nitrogens with one attached hydrogen (secondary N) is 2. The van der Waals surface area contributed by atoms with Gasteiger partial charge in [-0.05, 0) is 24.6 Å². The number of carbonyl (C=O) groups excluding carboxylic acids is 1. The zero-order valence-corrected chi connectivity index (χ0v) is 16.6. The van der Waals surface area contributed by atoms with Crippen molar-refractivity contribution in [1.29, 1.82) is 0 Å². The minimum absolute atomic E-state index is 0.0436. The molecule has 1 amide bonds. The SMILES string of the molecule is CCc1n[nH]c2ncnc(N3CCN(c4cccc(Cl)c4)C(C(=O)NC)C3)c12. The Hall–Kier alpha value is -2.87. The van der Waals surface area contributed by atoms with Crippen LogP contribution in [0.2, 0.25) is 5.02 Å². The molecule has 8 nitrogen and oxygen atoms in total. The number of anilines is 2. The number of H-pyrrole nitrogens is 1. The molecule has 0 radical (unpaired) electrons. The summed E-state index contributed by atoms with van der Waals surface area (Å²) in [5, 5.41) is 11.7. The van der Waals surface area contributed by atoms with Crippen LogP contribution in [-0.2, 0) is 11.2 Å². The number of aromatic amines is 1. The van der Waals surface area contributed by atoms with Gasteiger partial charge in [-0.1, -0.05) is 24.6 Å². The van der Waals surface area contributed by atoms with Gasteiger partial charge in [0.1, 0.15) is 18.2 Å². The zero-order valence-electron chi connectivity index (χ0n) is 15.8. The summed E-state index contributed by atoms with van der Waals surface area (Å²) in [6.45, 7) is 3.95. The van der Waals surface area contributed by atoms with E-state index in [9.17, 15) is 4.79 Å². The van der Waals surface area contributed by atoms with Gasteiger partial charge in [0.2, 0.25) is 5.91 Å². The van der Waals surface area contributed by atoms with E-state index in [1.165, 1.54) is 6.33 Å². The molecule has 146 valence electrons. The van der Waals surface area contributed by atoms with Crippen molar-refractivity contribution in [3.63, 3.8) is 0 Å². The van der Waals surface area contributed by atoms with Crippen LogP contribution in [0.15, 0.2) is 30.6 Å². The largest absolute Gasteiger partial charge is 0.357 e. The molecule has 3 aromatic rings. The molecular formula is C19H22ClN7O. The number of likely N-dealkylation sites (N-methyl/N-ethyl adjacent to an activating group) is 1. The first-order chi connectivity index (χ1) is 13.6. The van der Waals surface area contributed by atoms with E-state index in [-0.39, 0.29) is 11.9 Å². The molecule has 3 heterocycles. The van der Waals surface area contributed by atoms with Gasteiger partial charge in [0.25, 0.3) is 0 Å². The Labute approximate surface area is 167 Å². The van der Waals surface area contributed by atoms with Crippen LogP contribution in [-0.4, -0.2) is 58.8 Å². The molecule has 1 atom stereocenters. The number of fused-ring (bicyclic) bond motifs is 1. The first-order valence-corrected chi connectivity index (χ1v) is 9.66. The second-order valence-electron chi connectivity index (χ2n) is 6.69. The van der Waals surface area contributed by atoms with E-state index < -0.39 is 0 Å². The normalized spacial score (nSPS) is 17.2. The fourth-order valence-corrected chi connectivity index (χ4v) is 3.91. The molecular weight excluding hydrogens is 378 g/mol. The zero-order chi connectivity index (χ0) is 19.7. The van der Waals surface area contributed by atoms with Crippen LogP contribution in [0.4, 0.5) is 11.5 Å². The second kappa shape index (κ2) is 7.63. The summed E-state index contributed by atoms with van der Waals surface area (Å²) in [6.07, 6.45) is 2.31. The highest BCUT2D eigenvalue weighted by Crippen LogP contribution is 2.29. The summed E-state index contributed by atoms with van der Waals surface area (Å²) in [4.78, 5) is 25.7. The third-order valence-electron chi connectivity index (χ3n) is 5.12. The smallest absolute Gasteiger partial charge is 0.244 e. The molecule has 28 heavy (non-hydrogen) atoms. The van der Waals surface area contributed by atoms with Crippen molar-refractivity contribution >= 4 is 40.0 Å². The molecule has 0 aliphatic carbocycles. The molecule has 0 bridgehead atoms. The third kappa shape index (κ3) is 3.24. The first kappa shape index (κ1) is 18.5. The van der Waals surface area contributed by atoms with E-state index in [2.05, 4.69) is 42.2 Å². The lowest BCUT2D eigenvalue weighted by molar-refractivity contribution is -0.121. The van der Waals surface area contributed by atoms with E-state index in [1.807, 2.05) is 24.3 Å². The molecule has 1 aliphatic heterocycles. The lowest BCUT2D eigenvalue weighted by Gasteiger charge is -2.42.